The van der Waals surface area contributed by atoms with Crippen molar-refractivity contribution in [3.63, 3.8) is 0 Å². The fraction of sp³-hybridized carbons (Fsp3) is 0.400. The molecule has 1 rings (SSSR count). The van der Waals surface area contributed by atoms with E-state index < -0.39 is 18.0 Å². The fourth-order valence-electron chi connectivity index (χ4n) is 1.28. The van der Waals surface area contributed by atoms with Gasteiger partial charge in [0.05, 0.1) is 12.1 Å². The summed E-state index contributed by atoms with van der Waals surface area (Å²) >= 11 is 0. The molecule has 0 bridgehead atoms. The van der Waals surface area contributed by atoms with Crippen molar-refractivity contribution >= 4 is 0 Å². The van der Waals surface area contributed by atoms with Gasteiger partial charge in [-0.1, -0.05) is 0 Å². The zero-order valence-electron chi connectivity index (χ0n) is 8.16. The first kappa shape index (κ1) is 10.9. The maximum absolute atomic E-state index is 13.0. The summed E-state index contributed by atoms with van der Waals surface area (Å²) in [5.74, 6) is -0.522. The summed E-state index contributed by atoms with van der Waals surface area (Å²) in [5, 5.41) is 18.8. The van der Waals surface area contributed by atoms with Crippen molar-refractivity contribution in [3.05, 3.63) is 29.1 Å². The minimum Gasteiger partial charge on any atom is -0.507 e. The van der Waals surface area contributed by atoms with E-state index in [0.29, 0.717) is 5.56 Å². The zero-order chi connectivity index (χ0) is 10.9. The van der Waals surface area contributed by atoms with Crippen molar-refractivity contribution in [1.29, 1.82) is 0 Å². The van der Waals surface area contributed by atoms with Gasteiger partial charge >= 0.3 is 0 Å². The second-order valence-corrected chi connectivity index (χ2v) is 3.43. The van der Waals surface area contributed by atoms with Gasteiger partial charge in [-0.2, -0.15) is 0 Å². The highest BCUT2D eigenvalue weighted by molar-refractivity contribution is 5.42. The molecule has 0 aliphatic heterocycles. The van der Waals surface area contributed by atoms with Crippen LogP contribution < -0.4 is 5.73 Å². The number of benzene rings is 1. The van der Waals surface area contributed by atoms with E-state index in [0.717, 1.165) is 6.07 Å². The lowest BCUT2D eigenvalue weighted by Gasteiger charge is -2.17. The van der Waals surface area contributed by atoms with Crippen LogP contribution in [0.5, 0.6) is 5.75 Å². The molecule has 2 atom stereocenters. The molecule has 0 aliphatic rings. The Labute approximate surface area is 82.0 Å². The highest BCUT2D eigenvalue weighted by Crippen LogP contribution is 2.29. The summed E-state index contributed by atoms with van der Waals surface area (Å²) in [4.78, 5) is 0. The third-order valence-electron chi connectivity index (χ3n) is 2.17. The normalized spacial score (nSPS) is 15.2. The fourth-order valence-corrected chi connectivity index (χ4v) is 1.28. The minimum atomic E-state index is -0.831. The summed E-state index contributed by atoms with van der Waals surface area (Å²) in [6.07, 6.45) is -0.831. The van der Waals surface area contributed by atoms with Crippen LogP contribution in [0.25, 0.3) is 0 Å². The van der Waals surface area contributed by atoms with Crippen LogP contribution in [0.4, 0.5) is 4.39 Å². The van der Waals surface area contributed by atoms with E-state index in [9.17, 15) is 14.6 Å². The van der Waals surface area contributed by atoms with Crippen LogP contribution >= 0.6 is 0 Å². The topological polar surface area (TPSA) is 66.5 Å². The van der Waals surface area contributed by atoms with Gasteiger partial charge in [-0.05, 0) is 31.5 Å². The van der Waals surface area contributed by atoms with E-state index in [-0.39, 0.29) is 11.3 Å². The molecular formula is C10H14FNO2. The average Bonchev–Trinajstić information content (AvgIpc) is 2.09. The first-order valence-electron chi connectivity index (χ1n) is 4.36. The number of nitrogens with two attached hydrogens (primary N) is 1. The number of hydrogen-bond acceptors (Lipinski definition) is 3. The van der Waals surface area contributed by atoms with Gasteiger partial charge in [0.25, 0.3) is 0 Å². The van der Waals surface area contributed by atoms with Crippen molar-refractivity contribution in [2.75, 3.05) is 0 Å². The van der Waals surface area contributed by atoms with Gasteiger partial charge in [0, 0.05) is 5.56 Å². The van der Waals surface area contributed by atoms with Crippen LogP contribution in [-0.2, 0) is 0 Å². The number of halogens is 1. The lowest BCUT2D eigenvalue weighted by molar-refractivity contribution is 0.162. The molecule has 14 heavy (non-hydrogen) atoms. The van der Waals surface area contributed by atoms with Gasteiger partial charge in [0.15, 0.2) is 0 Å². The molecule has 0 heterocycles. The van der Waals surface area contributed by atoms with Gasteiger partial charge in [-0.3, -0.25) is 0 Å². The number of phenols is 1. The highest BCUT2D eigenvalue weighted by atomic mass is 19.1. The van der Waals surface area contributed by atoms with Crippen LogP contribution in [-0.4, -0.2) is 16.3 Å². The first-order chi connectivity index (χ1) is 6.43. The van der Waals surface area contributed by atoms with Crippen LogP contribution in [0, 0.1) is 12.7 Å². The Bertz CT molecular complexity index is 339. The van der Waals surface area contributed by atoms with Crippen LogP contribution in [0.1, 0.15) is 24.1 Å². The molecule has 0 aliphatic carbocycles. The Kier molecular flexibility index (Phi) is 3.08. The number of phenolic OH excluding ortho intramolecular Hbond substituents is 1. The molecule has 78 valence electrons. The molecule has 0 spiro atoms. The smallest absolute Gasteiger partial charge is 0.124 e. The van der Waals surface area contributed by atoms with Crippen LogP contribution in [0.2, 0.25) is 0 Å². The Morgan fingerprint density at radius 2 is 2.00 bits per heavy atom. The van der Waals surface area contributed by atoms with E-state index in [2.05, 4.69) is 0 Å². The third kappa shape index (κ3) is 2.02. The SMILES string of the molecule is Cc1cc(F)cc([C@@H](N)[C@H](C)O)c1O. The Morgan fingerprint density at radius 3 is 2.50 bits per heavy atom. The largest absolute Gasteiger partial charge is 0.507 e. The molecule has 0 fully saturated rings. The molecule has 0 saturated carbocycles. The zero-order valence-corrected chi connectivity index (χ0v) is 8.16. The van der Waals surface area contributed by atoms with E-state index in [1.54, 1.807) is 6.92 Å². The molecule has 3 nitrogen and oxygen atoms in total. The second-order valence-electron chi connectivity index (χ2n) is 3.43. The van der Waals surface area contributed by atoms with E-state index >= 15 is 0 Å². The molecule has 1 aromatic carbocycles. The first-order valence-corrected chi connectivity index (χ1v) is 4.36. The van der Waals surface area contributed by atoms with Crippen molar-refractivity contribution in [2.45, 2.75) is 26.0 Å². The van der Waals surface area contributed by atoms with Crippen molar-refractivity contribution in [3.8, 4) is 5.75 Å². The predicted octanol–water partition coefficient (Wildman–Crippen LogP) is 1.22. The molecule has 0 saturated heterocycles. The van der Waals surface area contributed by atoms with E-state index in [4.69, 9.17) is 5.73 Å². The van der Waals surface area contributed by atoms with Gasteiger partial charge < -0.3 is 15.9 Å². The summed E-state index contributed by atoms with van der Waals surface area (Å²) in [7, 11) is 0. The molecule has 0 aromatic heterocycles. The van der Waals surface area contributed by atoms with Crippen molar-refractivity contribution < 1.29 is 14.6 Å². The summed E-state index contributed by atoms with van der Waals surface area (Å²) in [6, 6.07) is 1.58. The second kappa shape index (κ2) is 3.94. The third-order valence-corrected chi connectivity index (χ3v) is 2.17. The molecule has 4 N–H and O–H groups in total. The predicted molar refractivity (Wildman–Crippen MR) is 51.4 cm³/mol. The average molecular weight is 199 g/mol. The molecule has 0 unspecified atom stereocenters. The van der Waals surface area contributed by atoms with Gasteiger partial charge in [-0.15, -0.1) is 0 Å². The quantitative estimate of drug-likeness (QED) is 0.671. The van der Waals surface area contributed by atoms with Crippen LogP contribution in [0.3, 0.4) is 0 Å². The van der Waals surface area contributed by atoms with Gasteiger partial charge in [0.2, 0.25) is 0 Å². The highest BCUT2D eigenvalue weighted by Gasteiger charge is 2.18. The molecular weight excluding hydrogens is 185 g/mol. The number of rotatable bonds is 2. The number of aryl methyl sites for hydroxylation is 1. The number of aliphatic hydroxyl groups is 1. The lowest BCUT2D eigenvalue weighted by Crippen LogP contribution is -2.23. The number of aliphatic hydroxyl groups excluding tert-OH is 1. The van der Waals surface area contributed by atoms with E-state index in [1.165, 1.54) is 13.0 Å². The summed E-state index contributed by atoms with van der Waals surface area (Å²) in [6.45, 7) is 3.07. The monoisotopic (exact) mass is 199 g/mol. The standard InChI is InChI=1S/C10H14FNO2/c1-5-3-7(11)4-8(10(5)14)9(12)6(2)13/h3-4,6,9,13-14H,12H2,1-2H3/t6-,9-/m0/s1. The van der Waals surface area contributed by atoms with E-state index in [1.807, 2.05) is 0 Å². The number of aromatic hydroxyl groups is 1. The summed E-state index contributed by atoms with van der Waals surface area (Å²) in [5.41, 5.74) is 6.25. The Morgan fingerprint density at radius 1 is 1.43 bits per heavy atom. The van der Waals surface area contributed by atoms with Gasteiger partial charge in [0.1, 0.15) is 11.6 Å². The van der Waals surface area contributed by atoms with Crippen molar-refractivity contribution in [1.82, 2.24) is 0 Å². The molecule has 4 heteroatoms. The Hall–Kier alpha value is -1.13. The molecule has 0 radical (unpaired) electrons. The minimum absolute atomic E-state index is 0.0557. The molecule has 0 amide bonds. The maximum atomic E-state index is 13.0. The lowest BCUT2D eigenvalue weighted by atomic mass is 9.99. The van der Waals surface area contributed by atoms with Crippen LogP contribution in [0.15, 0.2) is 12.1 Å². The maximum Gasteiger partial charge on any atom is 0.124 e. The number of hydrogen-bond donors (Lipinski definition) is 3. The summed E-state index contributed by atoms with van der Waals surface area (Å²) < 4.78 is 13.0. The van der Waals surface area contributed by atoms with Gasteiger partial charge in [-0.25, -0.2) is 4.39 Å². The Balaban J connectivity index is 3.20. The van der Waals surface area contributed by atoms with Crippen molar-refractivity contribution in [2.24, 2.45) is 5.73 Å². The molecule has 1 aromatic rings.